The molecule has 1 aliphatic rings. The molecule has 0 atom stereocenters. The molecule has 1 saturated heterocycles. The van der Waals surface area contributed by atoms with E-state index in [-0.39, 0.29) is 5.91 Å². The molecule has 0 bridgehead atoms. The summed E-state index contributed by atoms with van der Waals surface area (Å²) in [7, 11) is 0. The van der Waals surface area contributed by atoms with Gasteiger partial charge in [0.05, 0.1) is 0 Å². The quantitative estimate of drug-likeness (QED) is 0.500. The van der Waals surface area contributed by atoms with Gasteiger partial charge in [-0.2, -0.15) is 0 Å². The van der Waals surface area contributed by atoms with Crippen LogP contribution in [0.5, 0.6) is 0 Å². The van der Waals surface area contributed by atoms with Crippen LogP contribution in [0.15, 0.2) is 72.8 Å². The summed E-state index contributed by atoms with van der Waals surface area (Å²) in [5.74, 6) is 0.374. The highest BCUT2D eigenvalue weighted by molar-refractivity contribution is 6.31. The number of nitrogens with zero attached hydrogens (tertiary/aromatic N) is 2. The van der Waals surface area contributed by atoms with E-state index in [1.807, 2.05) is 54.6 Å². The average Bonchev–Trinajstić information content (AvgIpc) is 2.82. The van der Waals surface area contributed by atoms with Crippen molar-refractivity contribution in [3.05, 3.63) is 94.5 Å². The van der Waals surface area contributed by atoms with Gasteiger partial charge in [0.1, 0.15) is 0 Å². The third-order valence-electron chi connectivity index (χ3n) is 6.05. The number of amides is 1. The number of benzene rings is 3. The fourth-order valence-corrected chi connectivity index (χ4v) is 4.21. The number of rotatable bonds is 6. The van der Waals surface area contributed by atoms with E-state index in [9.17, 15) is 4.79 Å². The summed E-state index contributed by atoms with van der Waals surface area (Å²) < 4.78 is 0. The Balaban J connectivity index is 1.30. The lowest BCUT2D eigenvalue weighted by Crippen LogP contribution is -2.46. The standard InChI is InChI=1S/C27H30ClN3O/c1-20(2)21-7-9-22(10-8-21)27(32)29-24-11-13-25(14-12-24)31-17-15-30(16-18-31)19-23-5-3-4-6-26(23)28/h3-14,20H,15-19H2,1-2H3,(H,29,32). The summed E-state index contributed by atoms with van der Waals surface area (Å²) in [6, 6.07) is 24.0. The second kappa shape index (κ2) is 10.2. The molecule has 1 fully saturated rings. The average molecular weight is 448 g/mol. The normalized spacial score (nSPS) is 14.6. The molecule has 0 saturated carbocycles. The van der Waals surface area contributed by atoms with Gasteiger partial charge in [0.2, 0.25) is 0 Å². The molecule has 0 radical (unpaired) electrons. The van der Waals surface area contributed by atoms with E-state index in [0.717, 1.165) is 43.4 Å². The first-order chi connectivity index (χ1) is 15.5. The first-order valence-electron chi connectivity index (χ1n) is 11.2. The molecule has 3 aromatic rings. The number of piperazine rings is 1. The lowest BCUT2D eigenvalue weighted by atomic mass is 10.0. The largest absolute Gasteiger partial charge is 0.369 e. The lowest BCUT2D eigenvalue weighted by Gasteiger charge is -2.36. The third kappa shape index (κ3) is 5.50. The van der Waals surface area contributed by atoms with E-state index in [2.05, 4.69) is 47.2 Å². The molecule has 0 aromatic heterocycles. The van der Waals surface area contributed by atoms with Crippen LogP contribution in [0.4, 0.5) is 11.4 Å². The van der Waals surface area contributed by atoms with Gasteiger partial charge >= 0.3 is 0 Å². The van der Waals surface area contributed by atoms with Crippen LogP contribution in [-0.2, 0) is 6.54 Å². The highest BCUT2D eigenvalue weighted by Gasteiger charge is 2.18. The highest BCUT2D eigenvalue weighted by atomic mass is 35.5. The molecule has 5 heteroatoms. The Bertz CT molecular complexity index is 1040. The monoisotopic (exact) mass is 447 g/mol. The van der Waals surface area contributed by atoms with Crippen molar-refractivity contribution < 1.29 is 4.79 Å². The third-order valence-corrected chi connectivity index (χ3v) is 6.42. The van der Waals surface area contributed by atoms with Gasteiger partial charge in [-0.15, -0.1) is 0 Å². The minimum absolute atomic E-state index is 0.0822. The molecular formula is C27H30ClN3O. The molecule has 3 aromatic carbocycles. The van der Waals surface area contributed by atoms with Crippen LogP contribution in [0.1, 0.15) is 41.3 Å². The molecule has 0 unspecified atom stereocenters. The second-order valence-electron chi connectivity index (χ2n) is 8.63. The van der Waals surface area contributed by atoms with Crippen molar-refractivity contribution in [2.24, 2.45) is 0 Å². The zero-order valence-electron chi connectivity index (χ0n) is 18.7. The van der Waals surface area contributed by atoms with Gasteiger partial charge in [0.25, 0.3) is 5.91 Å². The Kier molecular flexibility index (Phi) is 7.13. The molecule has 4 rings (SSSR count). The molecule has 4 nitrogen and oxygen atoms in total. The summed E-state index contributed by atoms with van der Waals surface area (Å²) in [6.45, 7) is 9.12. The van der Waals surface area contributed by atoms with Crippen LogP contribution in [0.3, 0.4) is 0 Å². The minimum Gasteiger partial charge on any atom is -0.369 e. The van der Waals surface area contributed by atoms with E-state index >= 15 is 0 Å². The van der Waals surface area contributed by atoms with Crippen LogP contribution in [0.2, 0.25) is 5.02 Å². The van der Waals surface area contributed by atoms with Crippen LogP contribution >= 0.6 is 11.6 Å². The molecule has 0 aliphatic carbocycles. The van der Waals surface area contributed by atoms with Crippen molar-refractivity contribution in [3.63, 3.8) is 0 Å². The summed E-state index contributed by atoms with van der Waals surface area (Å²) in [5, 5.41) is 3.84. The Morgan fingerprint density at radius 3 is 2.19 bits per heavy atom. The van der Waals surface area contributed by atoms with Gasteiger partial charge in [-0.25, -0.2) is 0 Å². The number of carbonyl (C=O) groups is 1. The number of anilines is 2. The van der Waals surface area contributed by atoms with Crippen molar-refractivity contribution in [1.82, 2.24) is 4.90 Å². The van der Waals surface area contributed by atoms with Crippen LogP contribution < -0.4 is 10.2 Å². The van der Waals surface area contributed by atoms with Gasteiger partial charge in [-0.1, -0.05) is 55.8 Å². The van der Waals surface area contributed by atoms with E-state index in [1.165, 1.54) is 16.8 Å². The highest BCUT2D eigenvalue weighted by Crippen LogP contribution is 2.22. The fourth-order valence-electron chi connectivity index (χ4n) is 4.01. The van der Waals surface area contributed by atoms with Crippen LogP contribution in [0.25, 0.3) is 0 Å². The van der Waals surface area contributed by atoms with Gasteiger partial charge in [-0.3, -0.25) is 9.69 Å². The maximum absolute atomic E-state index is 12.6. The van der Waals surface area contributed by atoms with Crippen molar-refractivity contribution in [2.45, 2.75) is 26.3 Å². The topological polar surface area (TPSA) is 35.6 Å². The van der Waals surface area contributed by atoms with E-state index in [1.54, 1.807) is 0 Å². The molecule has 1 amide bonds. The van der Waals surface area contributed by atoms with Crippen molar-refractivity contribution >= 4 is 28.9 Å². The van der Waals surface area contributed by atoms with E-state index < -0.39 is 0 Å². The smallest absolute Gasteiger partial charge is 0.255 e. The molecule has 1 N–H and O–H groups in total. The number of hydrogen-bond donors (Lipinski definition) is 1. The van der Waals surface area contributed by atoms with Crippen LogP contribution in [0, 0.1) is 0 Å². The van der Waals surface area contributed by atoms with E-state index in [4.69, 9.17) is 11.6 Å². The fraction of sp³-hybridized carbons (Fsp3) is 0.296. The van der Waals surface area contributed by atoms with Gasteiger partial charge < -0.3 is 10.2 Å². The molecule has 0 spiro atoms. The molecular weight excluding hydrogens is 418 g/mol. The summed E-state index contributed by atoms with van der Waals surface area (Å²) in [6.07, 6.45) is 0. The number of carbonyl (C=O) groups excluding carboxylic acids is 1. The second-order valence-corrected chi connectivity index (χ2v) is 9.04. The molecule has 1 aliphatic heterocycles. The lowest BCUT2D eigenvalue weighted by molar-refractivity contribution is 0.102. The van der Waals surface area contributed by atoms with Gasteiger partial charge in [0.15, 0.2) is 0 Å². The maximum Gasteiger partial charge on any atom is 0.255 e. The minimum atomic E-state index is -0.0822. The predicted octanol–water partition coefficient (Wildman–Crippen LogP) is 6.04. The first-order valence-corrected chi connectivity index (χ1v) is 11.6. The molecule has 1 heterocycles. The Hall–Kier alpha value is -2.82. The van der Waals surface area contributed by atoms with Gasteiger partial charge in [0, 0.05) is 54.7 Å². The van der Waals surface area contributed by atoms with Crippen molar-refractivity contribution in [2.75, 3.05) is 36.4 Å². The zero-order valence-corrected chi connectivity index (χ0v) is 19.5. The number of nitrogens with one attached hydrogen (secondary N) is 1. The van der Waals surface area contributed by atoms with E-state index in [0.29, 0.717) is 11.5 Å². The maximum atomic E-state index is 12.6. The summed E-state index contributed by atoms with van der Waals surface area (Å²) >= 11 is 6.31. The SMILES string of the molecule is CC(C)c1ccc(C(=O)Nc2ccc(N3CCN(Cc4ccccc4Cl)CC3)cc2)cc1. The number of hydrogen-bond acceptors (Lipinski definition) is 3. The predicted molar refractivity (Wildman–Crippen MR) is 134 cm³/mol. The van der Waals surface area contributed by atoms with Gasteiger partial charge in [-0.05, 0) is 59.5 Å². The van der Waals surface area contributed by atoms with Crippen molar-refractivity contribution in [1.29, 1.82) is 0 Å². The molecule has 32 heavy (non-hydrogen) atoms. The molecule has 166 valence electrons. The summed E-state index contributed by atoms with van der Waals surface area (Å²) in [4.78, 5) is 17.4. The number of halogens is 1. The van der Waals surface area contributed by atoms with Crippen molar-refractivity contribution in [3.8, 4) is 0 Å². The Morgan fingerprint density at radius 2 is 1.56 bits per heavy atom. The summed E-state index contributed by atoms with van der Waals surface area (Å²) in [5.41, 5.74) is 5.08. The Labute approximate surface area is 195 Å². The zero-order chi connectivity index (χ0) is 22.5. The van der Waals surface area contributed by atoms with Crippen LogP contribution in [-0.4, -0.2) is 37.0 Å². The Morgan fingerprint density at radius 1 is 0.906 bits per heavy atom. The first kappa shape index (κ1) is 22.4.